The van der Waals surface area contributed by atoms with Crippen LogP contribution < -0.4 is 0 Å². The van der Waals surface area contributed by atoms with E-state index in [0.29, 0.717) is 30.5 Å². The van der Waals surface area contributed by atoms with Crippen molar-refractivity contribution < 1.29 is 12.9 Å². The number of hydrogen-bond donors (Lipinski definition) is 0. The lowest BCUT2D eigenvalue weighted by molar-refractivity contribution is 0.266. The fraction of sp³-hybridized carbons (Fsp3) is 0.462. The van der Waals surface area contributed by atoms with E-state index in [4.69, 9.17) is 4.52 Å². The predicted octanol–water partition coefficient (Wildman–Crippen LogP) is 1.27. The normalized spacial score (nSPS) is 20.5. The molecule has 0 saturated carbocycles. The number of piperidine rings is 1. The molecule has 7 nitrogen and oxygen atoms in total. The van der Waals surface area contributed by atoms with Gasteiger partial charge in [-0.15, -0.1) is 0 Å². The van der Waals surface area contributed by atoms with E-state index in [-0.39, 0.29) is 5.92 Å². The van der Waals surface area contributed by atoms with E-state index in [1.54, 1.807) is 12.3 Å². The van der Waals surface area contributed by atoms with Gasteiger partial charge in [-0.2, -0.15) is 4.98 Å². The highest BCUT2D eigenvalue weighted by Crippen LogP contribution is 2.28. The molecule has 1 saturated heterocycles. The van der Waals surface area contributed by atoms with E-state index < -0.39 is 10.0 Å². The molecule has 3 heterocycles. The number of rotatable bonds is 3. The Bertz CT molecular complexity index is 714. The molecule has 21 heavy (non-hydrogen) atoms. The third-order valence-electron chi connectivity index (χ3n) is 3.54. The quantitative estimate of drug-likeness (QED) is 0.848. The molecular weight excluding hydrogens is 292 g/mol. The molecule has 0 spiro atoms. The van der Waals surface area contributed by atoms with Crippen LogP contribution in [0, 0.1) is 0 Å². The topological polar surface area (TPSA) is 89.2 Å². The third kappa shape index (κ3) is 3.11. The maximum Gasteiger partial charge on any atom is 0.231 e. The van der Waals surface area contributed by atoms with Crippen molar-refractivity contribution in [2.45, 2.75) is 18.8 Å². The van der Waals surface area contributed by atoms with Crippen molar-refractivity contribution >= 4 is 10.0 Å². The number of pyridine rings is 1. The second-order valence-electron chi connectivity index (χ2n) is 5.13. The Labute approximate surface area is 123 Å². The Morgan fingerprint density at radius 2 is 2.24 bits per heavy atom. The third-order valence-corrected chi connectivity index (χ3v) is 4.81. The van der Waals surface area contributed by atoms with Gasteiger partial charge >= 0.3 is 0 Å². The van der Waals surface area contributed by atoms with E-state index in [1.165, 1.54) is 10.6 Å². The SMILES string of the molecule is CS(=O)(=O)N1CCC[C@@H](c2nc(-c3ccccn3)no2)C1. The summed E-state index contributed by atoms with van der Waals surface area (Å²) >= 11 is 0. The van der Waals surface area contributed by atoms with Crippen LogP contribution in [0.25, 0.3) is 11.5 Å². The summed E-state index contributed by atoms with van der Waals surface area (Å²) in [6.45, 7) is 0.944. The van der Waals surface area contributed by atoms with Gasteiger partial charge in [-0.3, -0.25) is 4.98 Å². The lowest BCUT2D eigenvalue weighted by atomic mass is 10.00. The molecule has 0 amide bonds. The molecule has 2 aromatic rings. The van der Waals surface area contributed by atoms with E-state index in [9.17, 15) is 8.42 Å². The lowest BCUT2D eigenvalue weighted by Crippen LogP contribution is -2.38. The molecule has 1 aliphatic heterocycles. The number of sulfonamides is 1. The van der Waals surface area contributed by atoms with Crippen molar-refractivity contribution in [2.24, 2.45) is 0 Å². The second kappa shape index (κ2) is 5.53. The van der Waals surface area contributed by atoms with Gasteiger partial charge in [0, 0.05) is 19.3 Å². The molecule has 1 atom stereocenters. The van der Waals surface area contributed by atoms with Crippen LogP contribution in [0.15, 0.2) is 28.9 Å². The smallest absolute Gasteiger partial charge is 0.231 e. The van der Waals surface area contributed by atoms with Crippen LogP contribution in [0.4, 0.5) is 0 Å². The van der Waals surface area contributed by atoms with Crippen LogP contribution >= 0.6 is 0 Å². The van der Waals surface area contributed by atoms with Crippen LogP contribution in [0.3, 0.4) is 0 Å². The molecule has 1 fully saturated rings. The molecule has 0 aromatic carbocycles. The van der Waals surface area contributed by atoms with Crippen LogP contribution in [0.2, 0.25) is 0 Å². The van der Waals surface area contributed by atoms with Crippen molar-refractivity contribution in [3.63, 3.8) is 0 Å². The summed E-state index contributed by atoms with van der Waals surface area (Å²) in [5, 5.41) is 3.93. The molecule has 0 aliphatic carbocycles. The zero-order valence-corrected chi connectivity index (χ0v) is 12.5. The van der Waals surface area contributed by atoms with Crippen molar-refractivity contribution in [2.75, 3.05) is 19.3 Å². The minimum atomic E-state index is -3.18. The van der Waals surface area contributed by atoms with E-state index in [0.717, 1.165) is 12.8 Å². The maximum atomic E-state index is 11.6. The van der Waals surface area contributed by atoms with Crippen molar-refractivity contribution in [1.82, 2.24) is 19.4 Å². The van der Waals surface area contributed by atoms with Crippen LogP contribution in [0.1, 0.15) is 24.7 Å². The number of aromatic nitrogens is 3. The summed E-state index contributed by atoms with van der Waals surface area (Å²) in [6.07, 6.45) is 4.52. The average molecular weight is 308 g/mol. The largest absolute Gasteiger partial charge is 0.339 e. The monoisotopic (exact) mass is 308 g/mol. The average Bonchev–Trinajstić information content (AvgIpc) is 2.97. The Morgan fingerprint density at radius 1 is 1.38 bits per heavy atom. The second-order valence-corrected chi connectivity index (χ2v) is 7.11. The van der Waals surface area contributed by atoms with Crippen LogP contribution in [-0.4, -0.2) is 47.2 Å². The standard InChI is InChI=1S/C13H16N4O3S/c1-21(18,19)17-8-4-5-10(9-17)13-15-12(16-20-13)11-6-2-3-7-14-11/h2-3,6-7,10H,4-5,8-9H2,1H3/t10-/m1/s1. The minimum absolute atomic E-state index is 0.0570. The Kier molecular flexibility index (Phi) is 3.73. The highest BCUT2D eigenvalue weighted by Gasteiger charge is 2.30. The summed E-state index contributed by atoms with van der Waals surface area (Å²) in [5.74, 6) is 0.851. The van der Waals surface area contributed by atoms with Gasteiger partial charge in [-0.05, 0) is 25.0 Å². The minimum Gasteiger partial charge on any atom is -0.339 e. The first-order valence-electron chi connectivity index (χ1n) is 6.74. The molecule has 112 valence electrons. The van der Waals surface area contributed by atoms with Crippen molar-refractivity contribution in [3.05, 3.63) is 30.3 Å². The van der Waals surface area contributed by atoms with Crippen molar-refractivity contribution in [1.29, 1.82) is 0 Å². The summed E-state index contributed by atoms with van der Waals surface area (Å²) in [6, 6.07) is 5.47. The Morgan fingerprint density at radius 3 is 2.95 bits per heavy atom. The first kappa shape index (κ1) is 14.2. The summed E-state index contributed by atoms with van der Waals surface area (Å²) in [4.78, 5) is 8.53. The first-order chi connectivity index (χ1) is 10.0. The van der Waals surface area contributed by atoms with Gasteiger partial charge in [0.25, 0.3) is 0 Å². The Hall–Kier alpha value is -1.80. The molecule has 1 aliphatic rings. The summed E-state index contributed by atoms with van der Waals surface area (Å²) < 4.78 is 30.0. The van der Waals surface area contributed by atoms with Gasteiger partial charge < -0.3 is 4.52 Å². The molecule has 0 radical (unpaired) electrons. The van der Waals surface area contributed by atoms with Crippen molar-refractivity contribution in [3.8, 4) is 11.5 Å². The first-order valence-corrected chi connectivity index (χ1v) is 8.59. The van der Waals surface area contributed by atoms with E-state index in [2.05, 4.69) is 15.1 Å². The van der Waals surface area contributed by atoms with Gasteiger partial charge in [0.15, 0.2) is 0 Å². The zero-order chi connectivity index (χ0) is 14.9. The highest BCUT2D eigenvalue weighted by molar-refractivity contribution is 7.88. The van der Waals surface area contributed by atoms with E-state index in [1.807, 2.05) is 12.1 Å². The molecule has 3 rings (SSSR count). The van der Waals surface area contributed by atoms with Gasteiger partial charge in [0.05, 0.1) is 12.2 Å². The zero-order valence-electron chi connectivity index (χ0n) is 11.6. The van der Waals surface area contributed by atoms with Gasteiger partial charge in [-0.1, -0.05) is 11.2 Å². The van der Waals surface area contributed by atoms with Gasteiger partial charge in [0.1, 0.15) is 5.69 Å². The number of nitrogens with zero attached hydrogens (tertiary/aromatic N) is 4. The molecular formula is C13H16N4O3S. The van der Waals surface area contributed by atoms with Gasteiger partial charge in [0.2, 0.25) is 21.7 Å². The van der Waals surface area contributed by atoms with Crippen LogP contribution in [0.5, 0.6) is 0 Å². The van der Waals surface area contributed by atoms with Crippen LogP contribution in [-0.2, 0) is 10.0 Å². The lowest BCUT2D eigenvalue weighted by Gasteiger charge is -2.28. The molecule has 0 bridgehead atoms. The van der Waals surface area contributed by atoms with E-state index >= 15 is 0 Å². The number of hydrogen-bond acceptors (Lipinski definition) is 6. The fourth-order valence-electron chi connectivity index (χ4n) is 2.45. The molecule has 0 N–H and O–H groups in total. The fourth-order valence-corrected chi connectivity index (χ4v) is 3.36. The van der Waals surface area contributed by atoms with Gasteiger partial charge in [-0.25, -0.2) is 12.7 Å². The molecule has 2 aromatic heterocycles. The summed E-state index contributed by atoms with van der Waals surface area (Å²) in [5.41, 5.74) is 0.642. The predicted molar refractivity (Wildman–Crippen MR) is 75.9 cm³/mol. The Balaban J connectivity index is 1.80. The molecule has 0 unspecified atom stereocenters. The molecule has 8 heteroatoms. The maximum absolute atomic E-state index is 11.6. The summed E-state index contributed by atoms with van der Waals surface area (Å²) in [7, 11) is -3.18. The highest BCUT2D eigenvalue weighted by atomic mass is 32.2.